The van der Waals surface area contributed by atoms with Crippen LogP contribution < -0.4 is 14.4 Å². The Hall–Kier alpha value is -3.07. The molecule has 2 amide bonds. The van der Waals surface area contributed by atoms with Crippen molar-refractivity contribution in [2.75, 3.05) is 36.1 Å². The summed E-state index contributed by atoms with van der Waals surface area (Å²) in [6.45, 7) is 2.89. The number of piperidine rings is 1. The molecule has 0 aliphatic carbocycles. The number of benzene rings is 2. The Kier molecular flexibility index (Phi) is 7.40. The number of anilines is 2. The molecule has 2 aromatic rings. The van der Waals surface area contributed by atoms with E-state index in [1.165, 1.54) is 14.0 Å². The molecule has 2 aromatic carbocycles. The zero-order valence-electron chi connectivity index (χ0n) is 18.6. The van der Waals surface area contributed by atoms with Crippen molar-refractivity contribution in [3.8, 4) is 5.75 Å². The molecular formula is C23H29N3O5S. The largest absolute Gasteiger partial charge is 0.497 e. The number of rotatable bonds is 7. The summed E-state index contributed by atoms with van der Waals surface area (Å²) >= 11 is 0. The lowest BCUT2D eigenvalue weighted by atomic mass is 10.1. The minimum atomic E-state index is -3.76. The third kappa shape index (κ3) is 5.40. The fraction of sp³-hybridized carbons (Fsp3) is 0.391. The maximum Gasteiger partial charge on any atom is 0.255 e. The van der Waals surface area contributed by atoms with Crippen molar-refractivity contribution in [1.82, 2.24) is 4.90 Å². The first kappa shape index (κ1) is 23.6. The molecule has 9 heteroatoms. The molecule has 0 unspecified atom stereocenters. The van der Waals surface area contributed by atoms with Gasteiger partial charge in [-0.25, -0.2) is 8.42 Å². The van der Waals surface area contributed by atoms with Crippen LogP contribution in [-0.2, 0) is 14.8 Å². The lowest BCUT2D eigenvalue weighted by molar-refractivity contribution is -0.116. The number of methoxy groups -OCH3 is 1. The highest BCUT2D eigenvalue weighted by molar-refractivity contribution is 7.92. The molecule has 1 atom stereocenters. The molecule has 0 saturated carbocycles. The number of hydrogen-bond donors (Lipinski definition) is 1. The number of sulfonamides is 1. The summed E-state index contributed by atoms with van der Waals surface area (Å²) < 4.78 is 31.2. The van der Waals surface area contributed by atoms with Crippen LogP contribution in [0.3, 0.4) is 0 Å². The Morgan fingerprint density at radius 1 is 1.03 bits per heavy atom. The molecular weight excluding hydrogens is 430 g/mol. The maximum absolute atomic E-state index is 13.1. The molecule has 1 fully saturated rings. The number of para-hydroxylation sites is 1. The molecule has 1 N–H and O–H groups in total. The van der Waals surface area contributed by atoms with Crippen molar-refractivity contribution in [1.29, 1.82) is 0 Å². The van der Waals surface area contributed by atoms with Crippen LogP contribution >= 0.6 is 0 Å². The lowest BCUT2D eigenvalue weighted by Gasteiger charge is -2.29. The zero-order chi connectivity index (χ0) is 23.3. The van der Waals surface area contributed by atoms with Crippen molar-refractivity contribution < 1.29 is 22.7 Å². The van der Waals surface area contributed by atoms with Crippen molar-refractivity contribution in [2.45, 2.75) is 32.2 Å². The predicted octanol–water partition coefficient (Wildman–Crippen LogP) is 3.11. The van der Waals surface area contributed by atoms with E-state index in [-0.39, 0.29) is 5.91 Å². The number of ether oxygens (including phenoxy) is 1. The third-order valence-corrected chi connectivity index (χ3v) is 6.72. The molecule has 32 heavy (non-hydrogen) atoms. The van der Waals surface area contributed by atoms with Gasteiger partial charge >= 0.3 is 0 Å². The second kappa shape index (κ2) is 10.0. The molecule has 0 bridgehead atoms. The van der Waals surface area contributed by atoms with E-state index in [1.54, 1.807) is 53.4 Å². The van der Waals surface area contributed by atoms with E-state index in [0.29, 0.717) is 35.8 Å². The SMILES string of the molecule is COc1ccc(N([C@H](C)C(=O)Nc2ccccc2C(=O)N2CCCCC2)S(C)(=O)=O)cc1. The molecule has 0 spiro atoms. The van der Waals surface area contributed by atoms with Crippen molar-refractivity contribution >= 4 is 33.2 Å². The Morgan fingerprint density at radius 3 is 2.25 bits per heavy atom. The number of amides is 2. The average molecular weight is 460 g/mol. The maximum atomic E-state index is 13.1. The third-order valence-electron chi connectivity index (χ3n) is 5.47. The average Bonchev–Trinajstić information content (AvgIpc) is 2.79. The standard InChI is InChI=1S/C23H29N3O5S/c1-17(26(32(3,29)30)18-11-13-19(31-2)14-12-18)22(27)24-21-10-6-5-9-20(21)23(28)25-15-7-4-8-16-25/h5-6,9-14,17H,4,7-8,15-16H2,1-3H3,(H,24,27)/t17-/m1/s1. The summed E-state index contributed by atoms with van der Waals surface area (Å²) in [5.74, 6) is -0.0991. The minimum absolute atomic E-state index is 0.136. The van der Waals surface area contributed by atoms with Gasteiger partial charge in [0.05, 0.1) is 30.3 Å². The van der Waals surface area contributed by atoms with E-state index >= 15 is 0 Å². The Morgan fingerprint density at radius 2 is 1.66 bits per heavy atom. The topological polar surface area (TPSA) is 96.0 Å². The first-order valence-corrected chi connectivity index (χ1v) is 12.4. The molecule has 0 radical (unpaired) electrons. The summed E-state index contributed by atoms with van der Waals surface area (Å²) in [6.07, 6.45) is 4.08. The van der Waals surface area contributed by atoms with Crippen LogP contribution in [-0.4, -0.2) is 57.6 Å². The molecule has 172 valence electrons. The fourth-order valence-corrected chi connectivity index (χ4v) is 5.00. The van der Waals surface area contributed by atoms with E-state index in [9.17, 15) is 18.0 Å². The van der Waals surface area contributed by atoms with Crippen LogP contribution in [0.15, 0.2) is 48.5 Å². The molecule has 1 aliphatic heterocycles. The highest BCUT2D eigenvalue weighted by Crippen LogP contribution is 2.25. The highest BCUT2D eigenvalue weighted by Gasteiger charge is 2.30. The quantitative estimate of drug-likeness (QED) is 0.686. The van der Waals surface area contributed by atoms with Crippen LogP contribution in [0.2, 0.25) is 0 Å². The van der Waals surface area contributed by atoms with Gasteiger partial charge in [-0.05, 0) is 62.6 Å². The highest BCUT2D eigenvalue weighted by atomic mass is 32.2. The van der Waals surface area contributed by atoms with Crippen LogP contribution in [0.1, 0.15) is 36.5 Å². The van der Waals surface area contributed by atoms with Gasteiger partial charge in [-0.1, -0.05) is 12.1 Å². The predicted molar refractivity (Wildman–Crippen MR) is 125 cm³/mol. The number of likely N-dealkylation sites (tertiary alicyclic amines) is 1. The molecule has 3 rings (SSSR count). The summed E-state index contributed by atoms with van der Waals surface area (Å²) in [5.41, 5.74) is 1.10. The molecule has 1 aliphatic rings. The number of hydrogen-bond acceptors (Lipinski definition) is 5. The Bertz CT molecular complexity index is 1060. The molecule has 1 heterocycles. The second-order valence-electron chi connectivity index (χ2n) is 7.82. The fourth-order valence-electron chi connectivity index (χ4n) is 3.82. The van der Waals surface area contributed by atoms with Crippen LogP contribution in [0.25, 0.3) is 0 Å². The first-order chi connectivity index (χ1) is 15.2. The second-order valence-corrected chi connectivity index (χ2v) is 9.68. The zero-order valence-corrected chi connectivity index (χ0v) is 19.4. The summed E-state index contributed by atoms with van der Waals surface area (Å²) in [5, 5.41) is 2.76. The Balaban J connectivity index is 1.84. The smallest absolute Gasteiger partial charge is 0.255 e. The number of carbonyl (C=O) groups excluding carboxylic acids is 2. The van der Waals surface area contributed by atoms with Crippen molar-refractivity contribution in [3.05, 3.63) is 54.1 Å². The van der Waals surface area contributed by atoms with Crippen LogP contribution in [0.4, 0.5) is 11.4 Å². The van der Waals surface area contributed by atoms with E-state index in [4.69, 9.17) is 4.74 Å². The van der Waals surface area contributed by atoms with E-state index < -0.39 is 22.0 Å². The van der Waals surface area contributed by atoms with E-state index in [1.807, 2.05) is 0 Å². The van der Waals surface area contributed by atoms with Gasteiger partial charge in [-0.2, -0.15) is 0 Å². The van der Waals surface area contributed by atoms with Gasteiger partial charge in [0.2, 0.25) is 15.9 Å². The van der Waals surface area contributed by atoms with Gasteiger partial charge in [-0.15, -0.1) is 0 Å². The molecule has 0 aromatic heterocycles. The normalized spacial score (nSPS) is 15.0. The summed E-state index contributed by atoms with van der Waals surface area (Å²) in [4.78, 5) is 27.9. The van der Waals surface area contributed by atoms with Gasteiger partial charge < -0.3 is 15.0 Å². The van der Waals surface area contributed by atoms with E-state index in [0.717, 1.165) is 29.8 Å². The van der Waals surface area contributed by atoms with Gasteiger partial charge in [0.25, 0.3) is 5.91 Å². The number of nitrogens with one attached hydrogen (secondary N) is 1. The van der Waals surface area contributed by atoms with Gasteiger partial charge in [0.15, 0.2) is 0 Å². The van der Waals surface area contributed by atoms with Crippen molar-refractivity contribution in [2.24, 2.45) is 0 Å². The Labute approximate surface area is 189 Å². The van der Waals surface area contributed by atoms with Crippen molar-refractivity contribution in [3.63, 3.8) is 0 Å². The van der Waals surface area contributed by atoms with Crippen LogP contribution in [0.5, 0.6) is 5.75 Å². The number of nitrogens with zero attached hydrogens (tertiary/aromatic N) is 2. The molecule has 1 saturated heterocycles. The number of carbonyl (C=O) groups is 2. The first-order valence-electron chi connectivity index (χ1n) is 10.5. The molecule has 8 nitrogen and oxygen atoms in total. The van der Waals surface area contributed by atoms with Crippen LogP contribution in [0, 0.1) is 0 Å². The summed E-state index contributed by atoms with van der Waals surface area (Å²) in [6, 6.07) is 12.2. The van der Waals surface area contributed by atoms with Gasteiger partial charge in [-0.3, -0.25) is 13.9 Å². The van der Waals surface area contributed by atoms with E-state index in [2.05, 4.69) is 5.32 Å². The summed E-state index contributed by atoms with van der Waals surface area (Å²) in [7, 11) is -2.25. The lowest BCUT2D eigenvalue weighted by Crippen LogP contribution is -2.45. The van der Waals surface area contributed by atoms with Gasteiger partial charge in [0, 0.05) is 13.1 Å². The van der Waals surface area contributed by atoms with Gasteiger partial charge in [0.1, 0.15) is 11.8 Å². The monoisotopic (exact) mass is 459 g/mol. The minimum Gasteiger partial charge on any atom is -0.497 e.